The van der Waals surface area contributed by atoms with Crippen LogP contribution in [-0.4, -0.2) is 67.6 Å². The third-order valence-electron chi connectivity index (χ3n) is 2.92. The number of carbonyl (C=O) groups excluding carboxylic acids is 1. The Hall–Kier alpha value is -1.92. The highest BCUT2D eigenvalue weighted by atomic mass is 16.5. The Labute approximate surface area is 124 Å². The quantitative estimate of drug-likeness (QED) is 0.772. The van der Waals surface area contributed by atoms with Crippen molar-refractivity contribution in [3.63, 3.8) is 0 Å². The summed E-state index contributed by atoms with van der Waals surface area (Å²) in [4.78, 5) is 26.6. The second-order valence-corrected chi connectivity index (χ2v) is 5.06. The first-order valence-electron chi connectivity index (χ1n) is 6.67. The number of amides is 1. The summed E-state index contributed by atoms with van der Waals surface area (Å²) in [6, 6.07) is 7.05. The van der Waals surface area contributed by atoms with E-state index in [-0.39, 0.29) is 12.5 Å². The van der Waals surface area contributed by atoms with Gasteiger partial charge in [-0.3, -0.25) is 9.59 Å². The molecule has 1 rings (SSSR count). The summed E-state index contributed by atoms with van der Waals surface area (Å²) in [5, 5.41) is 8.96. The van der Waals surface area contributed by atoms with Crippen molar-refractivity contribution in [1.82, 2.24) is 9.80 Å². The number of rotatable bonds is 8. The lowest BCUT2D eigenvalue weighted by Crippen LogP contribution is -2.40. The Balaban J connectivity index is 2.87. The van der Waals surface area contributed by atoms with Crippen LogP contribution >= 0.6 is 0 Å². The van der Waals surface area contributed by atoms with E-state index in [1.165, 1.54) is 4.90 Å². The SMILES string of the molecule is COCc1cccc(C(=O)N(CCN(C)C)CC(=O)O)c1. The molecule has 6 nitrogen and oxygen atoms in total. The fourth-order valence-corrected chi connectivity index (χ4v) is 1.88. The highest BCUT2D eigenvalue weighted by Crippen LogP contribution is 2.10. The number of methoxy groups -OCH3 is 1. The maximum absolute atomic E-state index is 12.5. The monoisotopic (exact) mass is 294 g/mol. The molecule has 0 spiro atoms. The Bertz CT molecular complexity index is 488. The van der Waals surface area contributed by atoms with Gasteiger partial charge in [0.2, 0.25) is 0 Å². The van der Waals surface area contributed by atoms with Crippen LogP contribution in [0.2, 0.25) is 0 Å². The molecule has 6 heteroatoms. The molecular weight excluding hydrogens is 272 g/mol. The van der Waals surface area contributed by atoms with E-state index in [4.69, 9.17) is 9.84 Å². The van der Waals surface area contributed by atoms with E-state index < -0.39 is 5.97 Å². The summed E-state index contributed by atoms with van der Waals surface area (Å²) in [6.45, 7) is 1.09. The van der Waals surface area contributed by atoms with Crippen LogP contribution in [0.1, 0.15) is 15.9 Å². The average molecular weight is 294 g/mol. The van der Waals surface area contributed by atoms with Gasteiger partial charge >= 0.3 is 5.97 Å². The summed E-state index contributed by atoms with van der Waals surface area (Å²) in [5.74, 6) is -1.30. The topological polar surface area (TPSA) is 70.1 Å². The van der Waals surface area contributed by atoms with Crippen LogP contribution in [0.4, 0.5) is 0 Å². The molecule has 0 fully saturated rings. The van der Waals surface area contributed by atoms with Crippen molar-refractivity contribution in [2.45, 2.75) is 6.61 Å². The maximum atomic E-state index is 12.5. The normalized spacial score (nSPS) is 10.7. The average Bonchev–Trinajstić information content (AvgIpc) is 2.43. The molecule has 0 bridgehead atoms. The molecule has 0 aromatic heterocycles. The third kappa shape index (κ3) is 5.93. The van der Waals surface area contributed by atoms with Gasteiger partial charge < -0.3 is 19.6 Å². The molecule has 0 saturated heterocycles. The number of carbonyl (C=O) groups is 2. The lowest BCUT2D eigenvalue weighted by molar-refractivity contribution is -0.137. The molecular formula is C15H22N2O4. The lowest BCUT2D eigenvalue weighted by atomic mass is 10.1. The first kappa shape index (κ1) is 17.1. The van der Waals surface area contributed by atoms with Crippen LogP contribution in [0.5, 0.6) is 0 Å². The van der Waals surface area contributed by atoms with E-state index in [1.807, 2.05) is 25.1 Å². The van der Waals surface area contributed by atoms with Gasteiger partial charge in [-0.05, 0) is 31.8 Å². The van der Waals surface area contributed by atoms with Crippen LogP contribution in [0.25, 0.3) is 0 Å². The van der Waals surface area contributed by atoms with E-state index >= 15 is 0 Å². The molecule has 0 aliphatic carbocycles. The van der Waals surface area contributed by atoms with Crippen molar-refractivity contribution in [2.24, 2.45) is 0 Å². The molecule has 1 N–H and O–H groups in total. The highest BCUT2D eigenvalue weighted by molar-refractivity contribution is 5.96. The third-order valence-corrected chi connectivity index (χ3v) is 2.92. The van der Waals surface area contributed by atoms with Gasteiger partial charge in [-0.2, -0.15) is 0 Å². The number of likely N-dealkylation sites (N-methyl/N-ethyl adjacent to an activating group) is 1. The van der Waals surface area contributed by atoms with Crippen molar-refractivity contribution in [2.75, 3.05) is 40.8 Å². The number of hydrogen-bond donors (Lipinski definition) is 1. The number of aliphatic carboxylic acids is 1. The van der Waals surface area contributed by atoms with Crippen molar-refractivity contribution in [3.05, 3.63) is 35.4 Å². The van der Waals surface area contributed by atoms with Gasteiger partial charge in [0.05, 0.1) is 6.61 Å². The lowest BCUT2D eigenvalue weighted by Gasteiger charge is -2.23. The first-order valence-corrected chi connectivity index (χ1v) is 6.67. The molecule has 0 aliphatic rings. The summed E-state index contributed by atoms with van der Waals surface area (Å²) >= 11 is 0. The van der Waals surface area contributed by atoms with E-state index in [1.54, 1.807) is 25.3 Å². The second-order valence-electron chi connectivity index (χ2n) is 5.06. The number of benzene rings is 1. The van der Waals surface area contributed by atoms with Gasteiger partial charge in [0.25, 0.3) is 5.91 Å². The molecule has 1 aromatic rings. The van der Waals surface area contributed by atoms with Gasteiger partial charge in [-0.25, -0.2) is 0 Å². The predicted octanol–water partition coefficient (Wildman–Crippen LogP) is 0.921. The van der Waals surface area contributed by atoms with Gasteiger partial charge in [0.15, 0.2) is 0 Å². The standard InChI is InChI=1S/C15H22N2O4/c1-16(2)7-8-17(10-14(18)19)15(20)13-6-4-5-12(9-13)11-21-3/h4-6,9H,7-8,10-11H2,1-3H3,(H,18,19). The van der Waals surface area contributed by atoms with Gasteiger partial charge in [-0.1, -0.05) is 12.1 Å². The summed E-state index contributed by atoms with van der Waals surface area (Å²) in [7, 11) is 5.34. The van der Waals surface area contributed by atoms with Crippen LogP contribution in [0.3, 0.4) is 0 Å². The van der Waals surface area contributed by atoms with Crippen LogP contribution < -0.4 is 0 Å². The molecule has 0 unspecified atom stereocenters. The predicted molar refractivity (Wildman–Crippen MR) is 79.2 cm³/mol. The van der Waals surface area contributed by atoms with Crippen molar-refractivity contribution >= 4 is 11.9 Å². The molecule has 21 heavy (non-hydrogen) atoms. The zero-order valence-electron chi connectivity index (χ0n) is 12.7. The number of carboxylic acids is 1. The number of ether oxygens (including phenoxy) is 1. The van der Waals surface area contributed by atoms with Crippen molar-refractivity contribution < 1.29 is 19.4 Å². The fourth-order valence-electron chi connectivity index (χ4n) is 1.88. The van der Waals surface area contributed by atoms with Gasteiger partial charge in [-0.15, -0.1) is 0 Å². The minimum absolute atomic E-state index is 0.280. The highest BCUT2D eigenvalue weighted by Gasteiger charge is 2.18. The minimum atomic E-state index is -1.02. The fraction of sp³-hybridized carbons (Fsp3) is 0.467. The van der Waals surface area contributed by atoms with Gasteiger partial charge in [0.1, 0.15) is 6.54 Å². The van der Waals surface area contributed by atoms with Crippen LogP contribution in [0, 0.1) is 0 Å². The van der Waals surface area contributed by atoms with Crippen LogP contribution in [-0.2, 0) is 16.1 Å². The molecule has 0 saturated carbocycles. The molecule has 1 amide bonds. The Morgan fingerprint density at radius 2 is 1.95 bits per heavy atom. The van der Waals surface area contributed by atoms with E-state index in [2.05, 4.69) is 0 Å². The molecule has 0 radical (unpaired) electrons. The molecule has 0 aliphatic heterocycles. The Kier molecular flexibility index (Phi) is 6.84. The summed E-state index contributed by atoms with van der Waals surface area (Å²) in [5.41, 5.74) is 1.36. The zero-order chi connectivity index (χ0) is 15.8. The molecule has 116 valence electrons. The maximum Gasteiger partial charge on any atom is 0.323 e. The van der Waals surface area contributed by atoms with Gasteiger partial charge in [0, 0.05) is 25.8 Å². The molecule has 0 heterocycles. The number of carboxylic acid groups (broad SMARTS) is 1. The van der Waals surface area contributed by atoms with E-state index in [0.717, 1.165) is 5.56 Å². The molecule has 0 atom stereocenters. The second kappa shape index (κ2) is 8.39. The summed E-state index contributed by atoms with van der Waals surface area (Å²) < 4.78 is 5.04. The zero-order valence-corrected chi connectivity index (χ0v) is 12.7. The molecule has 1 aromatic carbocycles. The Morgan fingerprint density at radius 3 is 2.52 bits per heavy atom. The summed E-state index contributed by atoms with van der Waals surface area (Å²) in [6.07, 6.45) is 0. The van der Waals surface area contributed by atoms with Crippen molar-refractivity contribution in [1.29, 1.82) is 0 Å². The minimum Gasteiger partial charge on any atom is -0.480 e. The van der Waals surface area contributed by atoms with E-state index in [9.17, 15) is 9.59 Å². The number of hydrogen-bond acceptors (Lipinski definition) is 4. The Morgan fingerprint density at radius 1 is 1.24 bits per heavy atom. The first-order chi connectivity index (χ1) is 9.93. The number of nitrogens with zero attached hydrogens (tertiary/aromatic N) is 2. The van der Waals surface area contributed by atoms with E-state index in [0.29, 0.717) is 25.3 Å². The van der Waals surface area contributed by atoms with Crippen molar-refractivity contribution in [3.8, 4) is 0 Å². The smallest absolute Gasteiger partial charge is 0.323 e. The largest absolute Gasteiger partial charge is 0.480 e. The van der Waals surface area contributed by atoms with Crippen LogP contribution in [0.15, 0.2) is 24.3 Å².